The molecule has 2 heterocycles. The molecule has 5 nitrogen and oxygen atoms in total. The summed E-state index contributed by atoms with van der Waals surface area (Å²) in [7, 11) is 0. The second-order valence-electron chi connectivity index (χ2n) is 7.60. The van der Waals surface area contributed by atoms with Crippen LogP contribution in [0.4, 0.5) is 0 Å². The molecule has 142 valence electrons. The Morgan fingerprint density at radius 1 is 1.08 bits per heavy atom. The molecule has 1 aromatic carbocycles. The van der Waals surface area contributed by atoms with Crippen LogP contribution in [0.15, 0.2) is 30.3 Å². The number of amides is 2. The fourth-order valence-corrected chi connectivity index (χ4v) is 4.22. The zero-order valence-electron chi connectivity index (χ0n) is 15.8. The van der Waals surface area contributed by atoms with Crippen molar-refractivity contribution in [3.8, 4) is 0 Å². The van der Waals surface area contributed by atoms with E-state index in [-0.39, 0.29) is 17.7 Å². The quantitative estimate of drug-likeness (QED) is 0.878. The topological polar surface area (TPSA) is 52.7 Å². The van der Waals surface area contributed by atoms with E-state index in [1.54, 1.807) is 6.92 Å². The molecule has 1 unspecified atom stereocenters. The Hall–Kier alpha value is -1.88. The Labute approximate surface area is 156 Å². The summed E-state index contributed by atoms with van der Waals surface area (Å²) in [5.74, 6) is 0.481. The van der Waals surface area contributed by atoms with E-state index in [0.29, 0.717) is 12.6 Å². The lowest BCUT2D eigenvalue weighted by molar-refractivity contribution is -0.130. The minimum absolute atomic E-state index is 0.102. The van der Waals surface area contributed by atoms with Gasteiger partial charge in [0.1, 0.15) is 0 Å². The van der Waals surface area contributed by atoms with Gasteiger partial charge in [-0.3, -0.25) is 14.5 Å². The first-order valence-corrected chi connectivity index (χ1v) is 9.94. The fraction of sp³-hybridized carbons (Fsp3) is 0.619. The average molecular weight is 357 g/mol. The molecule has 2 saturated heterocycles. The van der Waals surface area contributed by atoms with Crippen molar-refractivity contribution in [2.45, 2.75) is 45.1 Å². The van der Waals surface area contributed by atoms with Gasteiger partial charge in [-0.1, -0.05) is 30.3 Å². The van der Waals surface area contributed by atoms with Crippen molar-refractivity contribution in [3.63, 3.8) is 0 Å². The zero-order chi connectivity index (χ0) is 18.4. The summed E-state index contributed by atoms with van der Waals surface area (Å²) in [6.45, 7) is 6.00. The lowest BCUT2D eigenvalue weighted by Gasteiger charge is -2.41. The van der Waals surface area contributed by atoms with Crippen LogP contribution in [-0.4, -0.2) is 60.4 Å². The maximum absolute atomic E-state index is 12.6. The van der Waals surface area contributed by atoms with Crippen molar-refractivity contribution in [1.29, 1.82) is 0 Å². The van der Waals surface area contributed by atoms with Crippen LogP contribution < -0.4 is 5.32 Å². The number of benzene rings is 1. The molecule has 0 bridgehead atoms. The molecule has 2 aliphatic heterocycles. The Kier molecular flexibility index (Phi) is 6.67. The molecule has 5 heteroatoms. The first-order chi connectivity index (χ1) is 12.6. The highest BCUT2D eigenvalue weighted by atomic mass is 16.2. The molecular weight excluding hydrogens is 326 g/mol. The van der Waals surface area contributed by atoms with E-state index in [1.807, 2.05) is 23.1 Å². The standard InChI is InChI=1S/C21H31N3O2/c1-17(25)23-14-10-20(11-15-23)24-13-5-8-19(16-24)21(26)22-12-9-18-6-3-2-4-7-18/h2-4,6-7,19-20H,5,8-16H2,1H3,(H,22,26). The van der Waals surface area contributed by atoms with E-state index >= 15 is 0 Å². The minimum atomic E-state index is 0.102. The molecule has 1 N–H and O–H groups in total. The molecule has 2 amide bonds. The molecular formula is C21H31N3O2. The maximum Gasteiger partial charge on any atom is 0.224 e. The molecule has 1 atom stereocenters. The Bertz CT molecular complexity index is 597. The molecule has 1 aromatic rings. The third kappa shape index (κ3) is 5.07. The molecule has 2 fully saturated rings. The number of carbonyl (C=O) groups is 2. The van der Waals surface area contributed by atoms with Crippen LogP contribution in [0.25, 0.3) is 0 Å². The summed E-state index contributed by atoms with van der Waals surface area (Å²) < 4.78 is 0. The molecule has 0 radical (unpaired) electrons. The lowest BCUT2D eigenvalue weighted by Crippen LogP contribution is -2.51. The molecule has 3 rings (SSSR count). The monoisotopic (exact) mass is 357 g/mol. The van der Waals surface area contributed by atoms with Crippen LogP contribution in [0, 0.1) is 5.92 Å². The van der Waals surface area contributed by atoms with Gasteiger partial charge in [0.15, 0.2) is 0 Å². The summed E-state index contributed by atoms with van der Waals surface area (Å²) >= 11 is 0. The van der Waals surface area contributed by atoms with E-state index in [1.165, 1.54) is 5.56 Å². The van der Waals surface area contributed by atoms with Gasteiger partial charge in [-0.2, -0.15) is 0 Å². The maximum atomic E-state index is 12.6. The SMILES string of the molecule is CC(=O)N1CCC(N2CCCC(C(=O)NCCc3ccccc3)C2)CC1. The number of piperidine rings is 2. The predicted molar refractivity (Wildman–Crippen MR) is 103 cm³/mol. The van der Waals surface area contributed by atoms with Crippen molar-refractivity contribution in [3.05, 3.63) is 35.9 Å². The number of hydrogen-bond donors (Lipinski definition) is 1. The van der Waals surface area contributed by atoms with Crippen LogP contribution in [0.2, 0.25) is 0 Å². The predicted octanol–water partition coefficient (Wildman–Crippen LogP) is 2.07. The third-order valence-electron chi connectivity index (χ3n) is 5.81. The second kappa shape index (κ2) is 9.17. The summed E-state index contributed by atoms with van der Waals surface area (Å²) in [6.07, 6.45) is 5.01. The third-order valence-corrected chi connectivity index (χ3v) is 5.81. The van der Waals surface area contributed by atoms with Gasteiger partial charge in [0.05, 0.1) is 5.92 Å². The minimum Gasteiger partial charge on any atom is -0.355 e. The van der Waals surface area contributed by atoms with Gasteiger partial charge in [-0.05, 0) is 44.2 Å². The van der Waals surface area contributed by atoms with Crippen LogP contribution in [0.3, 0.4) is 0 Å². The van der Waals surface area contributed by atoms with E-state index in [0.717, 1.165) is 58.3 Å². The van der Waals surface area contributed by atoms with Crippen molar-refractivity contribution >= 4 is 11.8 Å². The van der Waals surface area contributed by atoms with E-state index < -0.39 is 0 Å². The van der Waals surface area contributed by atoms with Gasteiger partial charge >= 0.3 is 0 Å². The van der Waals surface area contributed by atoms with Crippen LogP contribution >= 0.6 is 0 Å². The molecule has 0 aliphatic carbocycles. The normalized spacial score (nSPS) is 22.2. The van der Waals surface area contributed by atoms with Gasteiger partial charge in [0.25, 0.3) is 0 Å². The highest BCUT2D eigenvalue weighted by molar-refractivity contribution is 5.79. The lowest BCUT2D eigenvalue weighted by atomic mass is 9.93. The number of rotatable bonds is 5. The first kappa shape index (κ1) is 18.9. The van der Waals surface area contributed by atoms with Gasteiger partial charge < -0.3 is 10.2 Å². The van der Waals surface area contributed by atoms with E-state index in [2.05, 4.69) is 22.3 Å². The fourth-order valence-electron chi connectivity index (χ4n) is 4.22. The number of carbonyl (C=O) groups excluding carboxylic acids is 2. The van der Waals surface area contributed by atoms with Crippen LogP contribution in [0.1, 0.15) is 38.2 Å². The van der Waals surface area contributed by atoms with Crippen LogP contribution in [0.5, 0.6) is 0 Å². The van der Waals surface area contributed by atoms with E-state index in [4.69, 9.17) is 0 Å². The largest absolute Gasteiger partial charge is 0.355 e. The number of nitrogens with zero attached hydrogens (tertiary/aromatic N) is 2. The molecule has 26 heavy (non-hydrogen) atoms. The molecule has 2 aliphatic rings. The Morgan fingerprint density at radius 3 is 2.50 bits per heavy atom. The van der Waals surface area contributed by atoms with Gasteiger partial charge in [0, 0.05) is 39.1 Å². The van der Waals surface area contributed by atoms with E-state index in [9.17, 15) is 9.59 Å². The van der Waals surface area contributed by atoms with Crippen LogP contribution in [-0.2, 0) is 16.0 Å². The zero-order valence-corrected chi connectivity index (χ0v) is 15.8. The molecule has 0 aromatic heterocycles. The smallest absolute Gasteiger partial charge is 0.224 e. The Morgan fingerprint density at radius 2 is 1.81 bits per heavy atom. The number of likely N-dealkylation sites (tertiary alicyclic amines) is 2. The first-order valence-electron chi connectivity index (χ1n) is 9.94. The van der Waals surface area contributed by atoms with Crippen molar-refractivity contribution in [2.75, 3.05) is 32.7 Å². The van der Waals surface area contributed by atoms with Crippen molar-refractivity contribution in [1.82, 2.24) is 15.1 Å². The summed E-state index contributed by atoms with van der Waals surface area (Å²) in [4.78, 5) is 28.5. The second-order valence-corrected chi connectivity index (χ2v) is 7.60. The Balaban J connectivity index is 1.43. The van der Waals surface area contributed by atoms with Crippen molar-refractivity contribution in [2.24, 2.45) is 5.92 Å². The molecule has 0 saturated carbocycles. The highest BCUT2D eigenvalue weighted by Crippen LogP contribution is 2.24. The number of hydrogen-bond acceptors (Lipinski definition) is 3. The van der Waals surface area contributed by atoms with Crippen molar-refractivity contribution < 1.29 is 9.59 Å². The average Bonchev–Trinajstić information content (AvgIpc) is 2.69. The van der Waals surface area contributed by atoms with Gasteiger partial charge in [-0.15, -0.1) is 0 Å². The molecule has 0 spiro atoms. The summed E-state index contributed by atoms with van der Waals surface area (Å²) in [5, 5.41) is 3.13. The van der Waals surface area contributed by atoms with Gasteiger partial charge in [-0.25, -0.2) is 0 Å². The summed E-state index contributed by atoms with van der Waals surface area (Å²) in [5.41, 5.74) is 1.26. The highest BCUT2D eigenvalue weighted by Gasteiger charge is 2.31. The number of nitrogens with one attached hydrogen (secondary N) is 1. The van der Waals surface area contributed by atoms with Gasteiger partial charge in [0.2, 0.25) is 11.8 Å². The summed E-state index contributed by atoms with van der Waals surface area (Å²) in [6, 6.07) is 10.8.